The van der Waals surface area contributed by atoms with Crippen molar-refractivity contribution in [3.8, 4) is 0 Å². The first-order valence-electron chi connectivity index (χ1n) is 11.6. The van der Waals surface area contributed by atoms with Gasteiger partial charge in [-0.3, -0.25) is 0 Å². The van der Waals surface area contributed by atoms with Crippen LogP contribution in [0, 0.1) is 18.7 Å². The van der Waals surface area contributed by atoms with Crippen LogP contribution in [0.2, 0.25) is 0 Å². The van der Waals surface area contributed by atoms with Crippen molar-refractivity contribution in [2.75, 3.05) is 7.05 Å². The molecule has 0 saturated heterocycles. The summed E-state index contributed by atoms with van der Waals surface area (Å²) < 4.78 is 14.7. The van der Waals surface area contributed by atoms with E-state index in [9.17, 15) is 9.50 Å². The average molecular weight is 431 g/mol. The maximum atomic E-state index is 14.7. The van der Waals surface area contributed by atoms with Gasteiger partial charge in [-0.15, -0.1) is 0 Å². The number of allylic oxidation sites excluding steroid dienone is 3. The molecule has 2 aromatic rings. The van der Waals surface area contributed by atoms with E-state index >= 15 is 0 Å². The Morgan fingerprint density at radius 1 is 1.19 bits per heavy atom. The fourth-order valence-corrected chi connectivity index (χ4v) is 5.78. The summed E-state index contributed by atoms with van der Waals surface area (Å²) in [6.45, 7) is 12.9. The van der Waals surface area contributed by atoms with Gasteiger partial charge in [0.2, 0.25) is 0 Å². The molecule has 2 aliphatic carbocycles. The van der Waals surface area contributed by atoms with Crippen molar-refractivity contribution < 1.29 is 9.50 Å². The summed E-state index contributed by atoms with van der Waals surface area (Å²) in [5.41, 5.74) is 10.4. The van der Waals surface area contributed by atoms with Gasteiger partial charge in [-0.25, -0.2) is 9.37 Å². The second kappa shape index (κ2) is 7.70. The number of halogens is 1. The number of benzene rings is 1. The van der Waals surface area contributed by atoms with Gasteiger partial charge in [-0.05, 0) is 78.5 Å². The van der Waals surface area contributed by atoms with Crippen LogP contribution in [0.1, 0.15) is 54.1 Å². The highest BCUT2D eigenvalue weighted by Gasteiger charge is 2.32. The molecule has 0 bridgehead atoms. The van der Waals surface area contributed by atoms with Crippen LogP contribution < -0.4 is 0 Å². The third-order valence-electron chi connectivity index (χ3n) is 7.73. The van der Waals surface area contributed by atoms with Gasteiger partial charge in [0.15, 0.2) is 0 Å². The highest BCUT2D eigenvalue weighted by Crippen LogP contribution is 2.43. The lowest BCUT2D eigenvalue weighted by Crippen LogP contribution is -2.20. The fraction of sp³-hybridized carbons (Fsp3) is 0.393. The molecule has 0 amide bonds. The van der Waals surface area contributed by atoms with E-state index in [-0.39, 0.29) is 11.7 Å². The third-order valence-corrected chi connectivity index (χ3v) is 7.73. The lowest BCUT2D eigenvalue weighted by atomic mass is 9.84. The van der Waals surface area contributed by atoms with E-state index < -0.39 is 6.10 Å². The molecular weight excluding hydrogens is 399 g/mol. The highest BCUT2D eigenvalue weighted by molar-refractivity contribution is 5.92. The molecule has 3 nitrogen and oxygen atoms in total. The van der Waals surface area contributed by atoms with Crippen LogP contribution in [0.4, 0.5) is 4.39 Å². The number of hydrogen-bond acceptors (Lipinski definition) is 3. The monoisotopic (exact) mass is 430 g/mol. The van der Waals surface area contributed by atoms with Gasteiger partial charge in [0, 0.05) is 36.5 Å². The molecule has 0 saturated carbocycles. The highest BCUT2D eigenvalue weighted by atomic mass is 19.1. The number of rotatable bonds is 2. The summed E-state index contributed by atoms with van der Waals surface area (Å²) in [7, 11) is 2.09. The van der Waals surface area contributed by atoms with E-state index in [2.05, 4.69) is 38.1 Å². The smallest absolute Gasteiger partial charge is 0.128 e. The van der Waals surface area contributed by atoms with Crippen molar-refractivity contribution >= 4 is 16.6 Å². The Bertz CT molecular complexity index is 1240. The molecular formula is C28H31FN2O. The van der Waals surface area contributed by atoms with Gasteiger partial charge in [0.05, 0.1) is 23.0 Å². The molecule has 166 valence electrons. The van der Waals surface area contributed by atoms with E-state index in [1.54, 1.807) is 6.07 Å². The number of fused-ring (bicyclic) bond motifs is 2. The second-order valence-corrected chi connectivity index (χ2v) is 9.59. The summed E-state index contributed by atoms with van der Waals surface area (Å²) in [6.07, 6.45) is 8.07. The van der Waals surface area contributed by atoms with E-state index in [0.29, 0.717) is 0 Å². The number of aliphatic hydroxyl groups excluding tert-OH is 1. The van der Waals surface area contributed by atoms with Crippen LogP contribution in [-0.4, -0.2) is 28.1 Å². The predicted octanol–water partition coefficient (Wildman–Crippen LogP) is 5.79. The van der Waals surface area contributed by atoms with Crippen molar-refractivity contribution in [2.45, 2.75) is 58.6 Å². The number of aromatic nitrogens is 1. The summed E-state index contributed by atoms with van der Waals surface area (Å²) in [4.78, 5) is 7.25. The first-order chi connectivity index (χ1) is 15.3. The molecule has 1 aromatic heterocycles. The zero-order valence-electron chi connectivity index (χ0n) is 19.3. The van der Waals surface area contributed by atoms with Gasteiger partial charge < -0.3 is 10.0 Å². The summed E-state index contributed by atoms with van der Waals surface area (Å²) in [5.74, 6) is -0.242. The van der Waals surface area contributed by atoms with Crippen molar-refractivity contribution in [2.24, 2.45) is 5.92 Å². The Kier molecular flexibility index (Phi) is 5.09. The number of pyridine rings is 1. The Morgan fingerprint density at radius 3 is 2.69 bits per heavy atom. The van der Waals surface area contributed by atoms with Crippen LogP contribution in [0.15, 0.2) is 48.1 Å². The molecule has 0 fully saturated rings. The van der Waals surface area contributed by atoms with E-state index in [0.717, 1.165) is 83.4 Å². The molecule has 0 radical (unpaired) electrons. The number of aliphatic hydroxyl groups is 1. The second-order valence-electron chi connectivity index (χ2n) is 9.59. The zero-order valence-corrected chi connectivity index (χ0v) is 19.3. The molecule has 32 heavy (non-hydrogen) atoms. The minimum absolute atomic E-state index is 0.0755. The topological polar surface area (TPSA) is 36.4 Å². The normalized spacial score (nSPS) is 24.3. The van der Waals surface area contributed by atoms with Crippen LogP contribution in [-0.2, 0) is 19.4 Å². The Hall–Kier alpha value is -2.72. The zero-order chi connectivity index (χ0) is 22.7. The van der Waals surface area contributed by atoms with Crippen LogP contribution in [0.5, 0.6) is 0 Å². The fourth-order valence-electron chi connectivity index (χ4n) is 5.78. The summed E-state index contributed by atoms with van der Waals surface area (Å²) in [5, 5.41) is 12.0. The molecule has 2 unspecified atom stereocenters. The molecule has 1 N–H and O–H groups in total. The first-order valence-corrected chi connectivity index (χ1v) is 11.6. The number of hydrogen-bond donors (Lipinski definition) is 1. The molecule has 0 spiro atoms. The SMILES string of the molecule is C=CC1=C(/C=C2/c3nc4cc(F)c(C)c5c4c(c3CN2C)CCC5)C(C)C(O)C(=C)CC1. The van der Waals surface area contributed by atoms with E-state index in [1.165, 1.54) is 16.5 Å². The van der Waals surface area contributed by atoms with Crippen molar-refractivity contribution in [3.63, 3.8) is 0 Å². The van der Waals surface area contributed by atoms with Gasteiger partial charge >= 0.3 is 0 Å². The molecule has 2 atom stereocenters. The average Bonchev–Trinajstić information content (AvgIpc) is 3.05. The third kappa shape index (κ3) is 3.07. The van der Waals surface area contributed by atoms with Crippen molar-refractivity contribution in [3.05, 3.63) is 81.9 Å². The number of aryl methyl sites for hydroxylation is 2. The Morgan fingerprint density at radius 2 is 1.94 bits per heavy atom. The van der Waals surface area contributed by atoms with Gasteiger partial charge in [-0.1, -0.05) is 26.2 Å². The Balaban J connectivity index is 1.73. The minimum Gasteiger partial charge on any atom is -0.388 e. The molecule has 1 aromatic carbocycles. The summed E-state index contributed by atoms with van der Waals surface area (Å²) in [6, 6.07) is 1.61. The minimum atomic E-state index is -0.573. The maximum absolute atomic E-state index is 14.7. The Labute approximate surface area is 189 Å². The molecule has 1 aliphatic heterocycles. The molecule has 5 rings (SSSR count). The molecule has 4 heteroatoms. The molecule has 3 aliphatic rings. The predicted molar refractivity (Wildman–Crippen MR) is 129 cm³/mol. The van der Waals surface area contributed by atoms with Crippen LogP contribution in [0.25, 0.3) is 16.6 Å². The van der Waals surface area contributed by atoms with Gasteiger partial charge in [-0.2, -0.15) is 0 Å². The maximum Gasteiger partial charge on any atom is 0.128 e. The number of nitrogens with zero attached hydrogens (tertiary/aromatic N) is 2. The van der Waals surface area contributed by atoms with E-state index in [4.69, 9.17) is 4.98 Å². The standard InChI is InChI=1S/C28H31FN2O/c1-6-18-11-10-15(2)28(32)17(4)21(18)12-25-27-22(14-31(25)5)20-9-7-8-19-16(3)23(29)13-24(30-27)26(19)20/h6,12-13,17,28,32H,1-2,7-11,14H2,3-5H3/b25-12-. The van der Waals surface area contributed by atoms with Gasteiger partial charge in [0.25, 0.3) is 0 Å². The lowest BCUT2D eigenvalue weighted by molar-refractivity contribution is 0.168. The first kappa shape index (κ1) is 21.1. The van der Waals surface area contributed by atoms with Gasteiger partial charge in [0.1, 0.15) is 5.82 Å². The summed E-state index contributed by atoms with van der Waals surface area (Å²) >= 11 is 0. The van der Waals surface area contributed by atoms with Crippen molar-refractivity contribution in [1.82, 2.24) is 9.88 Å². The van der Waals surface area contributed by atoms with Crippen LogP contribution >= 0.6 is 0 Å². The lowest BCUT2D eigenvalue weighted by Gasteiger charge is -2.22. The largest absolute Gasteiger partial charge is 0.388 e. The van der Waals surface area contributed by atoms with Crippen LogP contribution in [0.3, 0.4) is 0 Å². The molecule has 2 heterocycles. The van der Waals surface area contributed by atoms with Crippen molar-refractivity contribution in [1.29, 1.82) is 0 Å². The quantitative estimate of drug-likeness (QED) is 0.613. The van der Waals surface area contributed by atoms with E-state index in [1.807, 2.05) is 13.0 Å².